The highest BCUT2D eigenvalue weighted by Crippen LogP contribution is 2.33. The van der Waals surface area contributed by atoms with Crippen molar-refractivity contribution in [2.75, 3.05) is 13.2 Å². The molecule has 7 nitrogen and oxygen atoms in total. The van der Waals surface area contributed by atoms with Crippen LogP contribution < -0.4 is 9.47 Å². The van der Waals surface area contributed by atoms with E-state index < -0.39 is 24.0 Å². The maximum absolute atomic E-state index is 11.2. The van der Waals surface area contributed by atoms with Gasteiger partial charge >= 0.3 is 17.9 Å². The lowest BCUT2D eigenvalue weighted by Gasteiger charge is -2.20. The van der Waals surface area contributed by atoms with E-state index in [4.69, 9.17) is 18.9 Å². The molecule has 0 aliphatic rings. The average Bonchev–Trinajstić information content (AvgIpc) is 2.50. The summed E-state index contributed by atoms with van der Waals surface area (Å²) in [5.74, 6) is -0.268. The highest BCUT2D eigenvalue weighted by atomic mass is 16.6. The van der Waals surface area contributed by atoms with Gasteiger partial charge in [-0.05, 0) is 43.5 Å². The molecule has 1 aromatic rings. The summed E-state index contributed by atoms with van der Waals surface area (Å²) in [5, 5.41) is 0. The minimum Gasteiger partial charge on any atom is -0.489 e. The molecule has 0 N–H and O–H groups in total. The molecule has 1 aromatic carbocycles. The van der Waals surface area contributed by atoms with Gasteiger partial charge in [-0.25, -0.2) is 0 Å². The van der Waals surface area contributed by atoms with Crippen LogP contribution in [0.5, 0.6) is 11.5 Å². The van der Waals surface area contributed by atoms with Gasteiger partial charge in [0.1, 0.15) is 24.7 Å². The largest absolute Gasteiger partial charge is 0.489 e. The van der Waals surface area contributed by atoms with Gasteiger partial charge in [-0.2, -0.15) is 0 Å². The lowest BCUT2D eigenvalue weighted by atomic mass is 10.0. The first-order valence-corrected chi connectivity index (χ1v) is 7.84. The third-order valence-electron chi connectivity index (χ3n) is 3.45. The summed E-state index contributed by atoms with van der Waals surface area (Å²) in [6.07, 6.45) is -0.713. The van der Waals surface area contributed by atoms with Crippen LogP contribution in [0.3, 0.4) is 0 Å². The number of aryl methyl sites for hydroxylation is 1. The monoisotopic (exact) mass is 352 g/mol. The van der Waals surface area contributed by atoms with Crippen molar-refractivity contribution >= 4 is 17.9 Å². The molecule has 0 spiro atoms. The number of benzene rings is 1. The zero-order valence-corrected chi connectivity index (χ0v) is 15.4. The van der Waals surface area contributed by atoms with Crippen LogP contribution in [-0.2, 0) is 23.9 Å². The Balaban J connectivity index is 2.91. The van der Waals surface area contributed by atoms with Crippen molar-refractivity contribution in [3.8, 4) is 11.5 Å². The SMILES string of the molecule is CC(=O)OCC(COc1cc(C)c(OC(C)=O)c(C)c1C)OC(C)=O. The molecule has 0 bridgehead atoms. The fraction of sp³-hybridized carbons (Fsp3) is 0.500. The molecule has 25 heavy (non-hydrogen) atoms. The van der Waals surface area contributed by atoms with Crippen molar-refractivity contribution in [3.63, 3.8) is 0 Å². The molecule has 0 saturated carbocycles. The van der Waals surface area contributed by atoms with E-state index in [2.05, 4.69) is 0 Å². The maximum atomic E-state index is 11.2. The summed E-state index contributed by atoms with van der Waals surface area (Å²) >= 11 is 0. The van der Waals surface area contributed by atoms with Gasteiger partial charge in [-0.1, -0.05) is 0 Å². The van der Waals surface area contributed by atoms with Gasteiger partial charge in [-0.3, -0.25) is 14.4 Å². The Hall–Kier alpha value is -2.57. The number of carbonyl (C=O) groups excluding carboxylic acids is 3. The van der Waals surface area contributed by atoms with Gasteiger partial charge in [0, 0.05) is 20.8 Å². The molecule has 138 valence electrons. The summed E-state index contributed by atoms with van der Waals surface area (Å²) in [4.78, 5) is 33.3. The van der Waals surface area contributed by atoms with Gasteiger partial charge in [0.05, 0.1) is 0 Å². The maximum Gasteiger partial charge on any atom is 0.308 e. The molecule has 7 heteroatoms. The fourth-order valence-electron chi connectivity index (χ4n) is 2.22. The smallest absolute Gasteiger partial charge is 0.308 e. The fourth-order valence-corrected chi connectivity index (χ4v) is 2.22. The second-order valence-electron chi connectivity index (χ2n) is 5.71. The Labute approximate surface area is 147 Å². The van der Waals surface area contributed by atoms with Crippen LogP contribution in [0.15, 0.2) is 6.07 Å². The minimum atomic E-state index is -0.713. The van der Waals surface area contributed by atoms with E-state index in [1.165, 1.54) is 20.8 Å². The third kappa shape index (κ3) is 6.45. The lowest BCUT2D eigenvalue weighted by molar-refractivity contribution is -0.158. The first-order valence-electron chi connectivity index (χ1n) is 7.84. The Morgan fingerprint density at radius 3 is 2.08 bits per heavy atom. The van der Waals surface area contributed by atoms with E-state index >= 15 is 0 Å². The first-order chi connectivity index (χ1) is 11.6. The number of ether oxygens (including phenoxy) is 4. The van der Waals surface area contributed by atoms with Crippen molar-refractivity contribution in [2.45, 2.75) is 47.6 Å². The number of carbonyl (C=O) groups is 3. The second kappa shape index (κ2) is 9.05. The zero-order valence-electron chi connectivity index (χ0n) is 15.4. The van der Waals surface area contributed by atoms with E-state index in [0.717, 1.165) is 16.7 Å². The van der Waals surface area contributed by atoms with Crippen LogP contribution in [0, 0.1) is 20.8 Å². The van der Waals surface area contributed by atoms with Gasteiger partial charge < -0.3 is 18.9 Å². The van der Waals surface area contributed by atoms with Crippen molar-refractivity contribution in [3.05, 3.63) is 22.8 Å². The van der Waals surface area contributed by atoms with Gasteiger partial charge in [-0.15, -0.1) is 0 Å². The summed E-state index contributed by atoms with van der Waals surface area (Å²) in [6, 6.07) is 1.75. The van der Waals surface area contributed by atoms with Crippen LogP contribution >= 0.6 is 0 Å². The highest BCUT2D eigenvalue weighted by molar-refractivity contribution is 5.71. The van der Waals surface area contributed by atoms with Gasteiger partial charge in [0.2, 0.25) is 0 Å². The number of esters is 3. The standard InChI is InChI=1S/C18H24O7/c1-10-7-17(11(2)12(3)18(10)25-15(6)21)23-9-16(24-14(5)20)8-22-13(4)19/h7,16H,8-9H2,1-6H3. The lowest BCUT2D eigenvalue weighted by Crippen LogP contribution is -2.30. The summed E-state index contributed by atoms with van der Waals surface area (Å²) < 4.78 is 20.9. The van der Waals surface area contributed by atoms with E-state index in [0.29, 0.717) is 11.5 Å². The summed E-state index contributed by atoms with van der Waals surface area (Å²) in [6.45, 7) is 9.30. The molecule has 0 aromatic heterocycles. The Morgan fingerprint density at radius 1 is 0.920 bits per heavy atom. The van der Waals surface area contributed by atoms with Crippen LogP contribution in [-0.4, -0.2) is 37.2 Å². The topological polar surface area (TPSA) is 88.1 Å². The normalized spacial score (nSPS) is 11.4. The van der Waals surface area contributed by atoms with E-state index in [-0.39, 0.29) is 13.2 Å². The predicted octanol–water partition coefficient (Wildman–Crippen LogP) is 2.41. The van der Waals surface area contributed by atoms with E-state index in [1.54, 1.807) is 13.0 Å². The van der Waals surface area contributed by atoms with Crippen LogP contribution in [0.25, 0.3) is 0 Å². The Bertz CT molecular complexity index is 664. The molecule has 0 fully saturated rings. The number of hydrogen-bond acceptors (Lipinski definition) is 7. The summed E-state index contributed by atoms with van der Waals surface area (Å²) in [7, 11) is 0. The molecule has 0 aliphatic carbocycles. The van der Waals surface area contributed by atoms with Gasteiger partial charge in [0.15, 0.2) is 6.10 Å². The molecule has 1 atom stereocenters. The third-order valence-corrected chi connectivity index (χ3v) is 3.45. The van der Waals surface area contributed by atoms with Crippen LogP contribution in [0.2, 0.25) is 0 Å². The molecule has 1 unspecified atom stereocenters. The van der Waals surface area contributed by atoms with Crippen molar-refractivity contribution in [1.82, 2.24) is 0 Å². The van der Waals surface area contributed by atoms with E-state index in [9.17, 15) is 14.4 Å². The van der Waals surface area contributed by atoms with Crippen molar-refractivity contribution in [2.24, 2.45) is 0 Å². The zero-order chi connectivity index (χ0) is 19.1. The minimum absolute atomic E-state index is 0.0273. The van der Waals surface area contributed by atoms with Crippen LogP contribution in [0.1, 0.15) is 37.5 Å². The quantitative estimate of drug-likeness (QED) is 0.550. The molecule has 0 heterocycles. The highest BCUT2D eigenvalue weighted by Gasteiger charge is 2.18. The second-order valence-corrected chi connectivity index (χ2v) is 5.71. The Kier molecular flexibility index (Phi) is 7.42. The number of rotatable bonds is 7. The predicted molar refractivity (Wildman–Crippen MR) is 89.6 cm³/mol. The average molecular weight is 352 g/mol. The molecule has 1 rings (SSSR count). The van der Waals surface area contributed by atoms with Gasteiger partial charge in [0.25, 0.3) is 0 Å². The first kappa shape index (κ1) is 20.5. The Morgan fingerprint density at radius 2 is 1.56 bits per heavy atom. The van der Waals surface area contributed by atoms with Crippen molar-refractivity contribution < 1.29 is 33.3 Å². The molecule has 0 saturated heterocycles. The molecular weight excluding hydrogens is 328 g/mol. The van der Waals surface area contributed by atoms with Crippen LogP contribution in [0.4, 0.5) is 0 Å². The van der Waals surface area contributed by atoms with E-state index in [1.807, 2.05) is 13.8 Å². The molecule has 0 aliphatic heterocycles. The molecule has 0 radical (unpaired) electrons. The molecular formula is C18H24O7. The van der Waals surface area contributed by atoms with Crippen molar-refractivity contribution in [1.29, 1.82) is 0 Å². The summed E-state index contributed by atoms with van der Waals surface area (Å²) in [5.41, 5.74) is 2.34. The molecule has 0 amide bonds. The number of hydrogen-bond donors (Lipinski definition) is 0.